The lowest BCUT2D eigenvalue weighted by molar-refractivity contribution is -0.130. The van der Waals surface area contributed by atoms with Crippen molar-refractivity contribution in [3.05, 3.63) is 54.2 Å². The van der Waals surface area contributed by atoms with Gasteiger partial charge in [-0.15, -0.1) is 0 Å². The zero-order valence-electron chi connectivity index (χ0n) is 15.8. The fourth-order valence-corrected chi connectivity index (χ4v) is 3.70. The summed E-state index contributed by atoms with van der Waals surface area (Å²) in [6, 6.07) is 11.4. The molecule has 30 heavy (non-hydrogen) atoms. The van der Waals surface area contributed by atoms with Crippen LogP contribution in [0, 0.1) is 0 Å². The highest BCUT2D eigenvalue weighted by atomic mass is 16.7. The Labute approximate surface area is 170 Å². The minimum Gasteiger partial charge on any atom is -0.454 e. The highest BCUT2D eigenvalue weighted by Gasteiger charge is 2.39. The number of hydrogen-bond donors (Lipinski definition) is 3. The van der Waals surface area contributed by atoms with Gasteiger partial charge in [0.15, 0.2) is 11.5 Å². The number of ether oxygens (including phenoxy) is 2. The van der Waals surface area contributed by atoms with E-state index < -0.39 is 23.9 Å². The standard InChI is InChI=1S/C21H18N4O5/c26-19(23-13-5-6-17-18(8-13)30-11-29-17)10-25-20(27)16(24-21(25)28)7-12-9-22-15-4-2-1-3-14(12)15/h1-6,8-9,16,22H,7,10-11H2,(H,23,26)(H,24,28)/t16-/m1/s1. The van der Waals surface area contributed by atoms with Gasteiger partial charge in [-0.1, -0.05) is 18.2 Å². The Balaban J connectivity index is 1.24. The van der Waals surface area contributed by atoms with Crippen LogP contribution >= 0.6 is 0 Å². The van der Waals surface area contributed by atoms with Crippen LogP contribution in [0.15, 0.2) is 48.7 Å². The summed E-state index contributed by atoms with van der Waals surface area (Å²) in [6.07, 6.45) is 2.17. The summed E-state index contributed by atoms with van der Waals surface area (Å²) in [5.41, 5.74) is 2.38. The molecule has 0 radical (unpaired) electrons. The lowest BCUT2D eigenvalue weighted by Crippen LogP contribution is -2.38. The summed E-state index contributed by atoms with van der Waals surface area (Å²) >= 11 is 0. The lowest BCUT2D eigenvalue weighted by Gasteiger charge is -2.13. The molecule has 0 aliphatic carbocycles. The number of anilines is 1. The number of nitrogens with zero attached hydrogens (tertiary/aromatic N) is 1. The zero-order valence-corrected chi connectivity index (χ0v) is 15.8. The first-order chi connectivity index (χ1) is 14.6. The molecule has 2 aliphatic rings. The van der Waals surface area contributed by atoms with Crippen LogP contribution < -0.4 is 20.1 Å². The molecule has 5 rings (SSSR count). The highest BCUT2D eigenvalue weighted by Crippen LogP contribution is 2.34. The van der Waals surface area contributed by atoms with Gasteiger partial charge in [-0.05, 0) is 23.8 Å². The number of aromatic amines is 1. The largest absolute Gasteiger partial charge is 0.454 e. The first-order valence-electron chi connectivity index (χ1n) is 9.45. The number of nitrogens with one attached hydrogen (secondary N) is 3. The molecular weight excluding hydrogens is 388 g/mol. The fraction of sp³-hybridized carbons (Fsp3) is 0.190. The normalized spacial score (nSPS) is 17.5. The summed E-state index contributed by atoms with van der Waals surface area (Å²) in [5.74, 6) is 0.222. The Morgan fingerprint density at radius 3 is 2.87 bits per heavy atom. The van der Waals surface area contributed by atoms with Crippen molar-refractivity contribution >= 4 is 34.4 Å². The Morgan fingerprint density at radius 2 is 1.97 bits per heavy atom. The van der Waals surface area contributed by atoms with Crippen LogP contribution in [0.4, 0.5) is 10.5 Å². The van der Waals surface area contributed by atoms with Crippen LogP contribution in [0.1, 0.15) is 5.56 Å². The number of benzene rings is 2. The van der Waals surface area contributed by atoms with Crippen LogP contribution in [-0.4, -0.2) is 47.1 Å². The van der Waals surface area contributed by atoms with E-state index in [1.807, 2.05) is 30.5 Å². The SMILES string of the molecule is O=C(CN1C(=O)N[C@H](Cc2c[nH]c3ccccc23)C1=O)Nc1ccc2c(c1)OCO2. The second-order valence-electron chi connectivity index (χ2n) is 7.11. The monoisotopic (exact) mass is 406 g/mol. The number of hydrogen-bond acceptors (Lipinski definition) is 5. The smallest absolute Gasteiger partial charge is 0.325 e. The fourth-order valence-electron chi connectivity index (χ4n) is 3.70. The topological polar surface area (TPSA) is 113 Å². The van der Waals surface area contributed by atoms with Crippen LogP contribution in [0.2, 0.25) is 0 Å². The van der Waals surface area contributed by atoms with Crippen LogP contribution in [0.25, 0.3) is 10.9 Å². The van der Waals surface area contributed by atoms with E-state index in [-0.39, 0.29) is 13.3 Å². The van der Waals surface area contributed by atoms with Gasteiger partial charge >= 0.3 is 6.03 Å². The molecule has 9 heteroatoms. The molecule has 2 aromatic carbocycles. The minimum absolute atomic E-state index is 0.132. The quantitative estimate of drug-likeness (QED) is 0.561. The number of imide groups is 1. The van der Waals surface area contributed by atoms with Gasteiger partial charge in [-0.2, -0.15) is 0 Å². The molecule has 3 N–H and O–H groups in total. The highest BCUT2D eigenvalue weighted by molar-refractivity contribution is 6.08. The summed E-state index contributed by atoms with van der Waals surface area (Å²) in [7, 11) is 0. The summed E-state index contributed by atoms with van der Waals surface area (Å²) < 4.78 is 10.5. The van der Waals surface area contributed by atoms with Crippen molar-refractivity contribution in [2.45, 2.75) is 12.5 Å². The van der Waals surface area contributed by atoms with E-state index in [2.05, 4.69) is 15.6 Å². The molecular formula is C21H18N4O5. The van der Waals surface area contributed by atoms with E-state index in [0.29, 0.717) is 23.6 Å². The van der Waals surface area contributed by atoms with Crippen molar-refractivity contribution in [1.29, 1.82) is 0 Å². The van der Waals surface area contributed by atoms with Crippen molar-refractivity contribution in [3.8, 4) is 11.5 Å². The van der Waals surface area contributed by atoms with Crippen molar-refractivity contribution in [1.82, 2.24) is 15.2 Å². The Hall–Kier alpha value is -4.01. The van der Waals surface area contributed by atoms with E-state index in [4.69, 9.17) is 9.47 Å². The second kappa shape index (κ2) is 7.11. The average molecular weight is 406 g/mol. The third kappa shape index (κ3) is 3.20. The van der Waals surface area contributed by atoms with E-state index in [1.54, 1.807) is 18.2 Å². The van der Waals surface area contributed by atoms with Gasteiger partial charge in [-0.25, -0.2) is 4.79 Å². The number of H-pyrrole nitrogens is 1. The number of urea groups is 1. The number of carbonyl (C=O) groups excluding carboxylic acids is 3. The molecule has 1 atom stereocenters. The van der Waals surface area contributed by atoms with Gasteiger partial charge in [0.1, 0.15) is 12.6 Å². The number of carbonyl (C=O) groups is 3. The Bertz CT molecular complexity index is 1170. The maximum atomic E-state index is 12.7. The first-order valence-corrected chi connectivity index (χ1v) is 9.45. The summed E-state index contributed by atoms with van der Waals surface area (Å²) in [5, 5.41) is 6.34. The maximum absolute atomic E-state index is 12.7. The number of amides is 4. The predicted octanol–water partition coefficient (Wildman–Crippen LogP) is 2.00. The van der Waals surface area contributed by atoms with Crippen molar-refractivity contribution in [2.75, 3.05) is 18.7 Å². The summed E-state index contributed by atoms with van der Waals surface area (Å²) in [4.78, 5) is 41.5. The maximum Gasteiger partial charge on any atom is 0.325 e. The van der Waals surface area contributed by atoms with Gasteiger partial charge in [-0.3, -0.25) is 14.5 Å². The molecule has 0 bridgehead atoms. The van der Waals surface area contributed by atoms with Crippen molar-refractivity contribution < 1.29 is 23.9 Å². The van der Waals surface area contributed by atoms with E-state index in [1.165, 1.54) is 0 Å². The molecule has 1 aromatic heterocycles. The van der Waals surface area contributed by atoms with E-state index in [9.17, 15) is 14.4 Å². The van der Waals surface area contributed by atoms with Gasteiger partial charge in [0, 0.05) is 35.3 Å². The second-order valence-corrected chi connectivity index (χ2v) is 7.11. The predicted molar refractivity (Wildman–Crippen MR) is 107 cm³/mol. The Kier molecular flexibility index (Phi) is 4.27. The van der Waals surface area contributed by atoms with Crippen LogP contribution in [-0.2, 0) is 16.0 Å². The van der Waals surface area contributed by atoms with E-state index in [0.717, 1.165) is 21.4 Å². The van der Waals surface area contributed by atoms with Crippen molar-refractivity contribution in [2.24, 2.45) is 0 Å². The summed E-state index contributed by atoms with van der Waals surface area (Å²) in [6.45, 7) is -0.240. The zero-order chi connectivity index (χ0) is 20.7. The molecule has 0 spiro atoms. The van der Waals surface area contributed by atoms with Gasteiger partial charge < -0.3 is 25.1 Å². The number of para-hydroxylation sites is 1. The van der Waals surface area contributed by atoms with Gasteiger partial charge in [0.05, 0.1) is 0 Å². The third-order valence-electron chi connectivity index (χ3n) is 5.16. The molecule has 0 saturated carbocycles. The van der Waals surface area contributed by atoms with Gasteiger partial charge in [0.2, 0.25) is 12.7 Å². The average Bonchev–Trinajstić information content (AvgIpc) is 3.43. The van der Waals surface area contributed by atoms with Crippen molar-refractivity contribution in [3.63, 3.8) is 0 Å². The first kappa shape index (κ1) is 18.0. The number of fused-ring (bicyclic) bond motifs is 2. The minimum atomic E-state index is -0.713. The lowest BCUT2D eigenvalue weighted by atomic mass is 10.1. The molecule has 0 unspecified atom stereocenters. The Morgan fingerprint density at radius 1 is 1.13 bits per heavy atom. The molecule has 3 aromatic rings. The van der Waals surface area contributed by atoms with Gasteiger partial charge in [0.25, 0.3) is 5.91 Å². The molecule has 4 amide bonds. The molecule has 2 aliphatic heterocycles. The molecule has 152 valence electrons. The molecule has 1 fully saturated rings. The molecule has 3 heterocycles. The van der Waals surface area contributed by atoms with E-state index >= 15 is 0 Å². The third-order valence-corrected chi connectivity index (χ3v) is 5.16. The number of aromatic nitrogens is 1. The van der Waals surface area contributed by atoms with Crippen LogP contribution in [0.5, 0.6) is 11.5 Å². The number of rotatable bonds is 5. The molecule has 1 saturated heterocycles. The molecule has 9 nitrogen and oxygen atoms in total. The van der Waals surface area contributed by atoms with Crippen LogP contribution in [0.3, 0.4) is 0 Å².